The van der Waals surface area contributed by atoms with Crippen molar-refractivity contribution in [3.63, 3.8) is 0 Å². The molecule has 168 valence electrons. The van der Waals surface area contributed by atoms with Crippen LogP contribution < -0.4 is 10.6 Å². The fourth-order valence-corrected chi connectivity index (χ4v) is 3.77. The highest BCUT2D eigenvalue weighted by Gasteiger charge is 2.36. The van der Waals surface area contributed by atoms with Crippen LogP contribution in [-0.2, 0) is 16.1 Å². The first-order valence-corrected chi connectivity index (χ1v) is 10.6. The number of benzene rings is 3. The summed E-state index contributed by atoms with van der Waals surface area (Å²) in [6.45, 7) is 2.11. The van der Waals surface area contributed by atoms with Crippen LogP contribution in [0.5, 0.6) is 0 Å². The van der Waals surface area contributed by atoms with Crippen molar-refractivity contribution in [2.45, 2.75) is 12.5 Å². The number of ether oxygens (including phenoxy) is 1. The monoisotopic (exact) mass is 444 g/mol. The molecule has 0 saturated carbocycles. The second kappa shape index (κ2) is 10.2. The molecule has 3 aromatic rings. The van der Waals surface area contributed by atoms with Crippen LogP contribution in [0.4, 0.5) is 17.1 Å². The molecule has 1 atom stereocenters. The summed E-state index contributed by atoms with van der Waals surface area (Å²) in [4.78, 5) is 28.7. The summed E-state index contributed by atoms with van der Waals surface area (Å²) in [5, 5.41) is 17.4. The lowest BCUT2D eigenvalue weighted by Gasteiger charge is -2.14. The average molecular weight is 444 g/mol. The number of anilines is 1. The zero-order valence-electron chi connectivity index (χ0n) is 18.2. The minimum Gasteiger partial charge on any atom is -0.383 e. The van der Waals surface area contributed by atoms with E-state index in [1.807, 2.05) is 54.6 Å². The number of fused-ring (bicyclic) bond motifs is 1. The van der Waals surface area contributed by atoms with Crippen molar-refractivity contribution in [3.05, 3.63) is 99.6 Å². The number of nitro groups is 1. The number of carbonyl (C=O) groups is 1. The second-order valence-corrected chi connectivity index (χ2v) is 7.65. The Bertz CT molecular complexity index is 1180. The van der Waals surface area contributed by atoms with Crippen molar-refractivity contribution in [3.8, 4) is 0 Å². The smallest absolute Gasteiger partial charge is 0.269 e. The summed E-state index contributed by atoms with van der Waals surface area (Å²) in [5.41, 5.74) is 4.17. The van der Waals surface area contributed by atoms with E-state index in [1.165, 1.54) is 12.1 Å². The van der Waals surface area contributed by atoms with Crippen LogP contribution in [0, 0.1) is 10.1 Å². The lowest BCUT2D eigenvalue weighted by atomic mass is 9.90. The van der Waals surface area contributed by atoms with E-state index in [9.17, 15) is 14.9 Å². The van der Waals surface area contributed by atoms with Crippen molar-refractivity contribution < 1.29 is 14.5 Å². The van der Waals surface area contributed by atoms with Crippen LogP contribution in [0.3, 0.4) is 0 Å². The SMILES string of the molecule is COCCNCc1ccc(N=C(c2ccccc2)C2C(=O)Nc3ccc([N+](=O)[O-])cc32)cc1. The zero-order chi connectivity index (χ0) is 23.2. The fraction of sp³-hybridized carbons (Fsp3) is 0.200. The summed E-state index contributed by atoms with van der Waals surface area (Å²) >= 11 is 0. The van der Waals surface area contributed by atoms with E-state index < -0.39 is 10.8 Å². The number of aliphatic imine (C=N–C) groups is 1. The van der Waals surface area contributed by atoms with Crippen molar-refractivity contribution in [1.82, 2.24) is 5.32 Å². The molecule has 33 heavy (non-hydrogen) atoms. The largest absolute Gasteiger partial charge is 0.383 e. The quantitative estimate of drug-likeness (QED) is 0.223. The molecular weight excluding hydrogens is 420 g/mol. The Morgan fingerprint density at radius 3 is 2.58 bits per heavy atom. The number of nitrogens with zero attached hydrogens (tertiary/aromatic N) is 2. The maximum atomic E-state index is 13.0. The van der Waals surface area contributed by atoms with E-state index in [4.69, 9.17) is 9.73 Å². The van der Waals surface area contributed by atoms with Gasteiger partial charge in [-0.15, -0.1) is 0 Å². The average Bonchev–Trinajstić information content (AvgIpc) is 3.16. The molecule has 0 aromatic heterocycles. The molecular formula is C25H24N4O4. The number of hydrogen-bond acceptors (Lipinski definition) is 6. The number of nitro benzene ring substituents is 1. The Kier molecular flexibility index (Phi) is 6.87. The molecule has 2 N–H and O–H groups in total. The third-order valence-corrected chi connectivity index (χ3v) is 5.42. The van der Waals surface area contributed by atoms with Crippen LogP contribution in [0.25, 0.3) is 0 Å². The van der Waals surface area contributed by atoms with Gasteiger partial charge in [-0.1, -0.05) is 42.5 Å². The fourth-order valence-electron chi connectivity index (χ4n) is 3.77. The van der Waals surface area contributed by atoms with Crippen molar-refractivity contribution in [1.29, 1.82) is 0 Å². The maximum absolute atomic E-state index is 13.0. The molecule has 8 nitrogen and oxygen atoms in total. The van der Waals surface area contributed by atoms with Gasteiger partial charge in [0, 0.05) is 43.6 Å². The predicted octanol–water partition coefficient (Wildman–Crippen LogP) is 4.19. The van der Waals surface area contributed by atoms with Crippen LogP contribution in [-0.4, -0.2) is 36.8 Å². The van der Waals surface area contributed by atoms with E-state index in [0.29, 0.717) is 35.8 Å². The van der Waals surface area contributed by atoms with E-state index >= 15 is 0 Å². The Balaban J connectivity index is 1.69. The van der Waals surface area contributed by atoms with Crippen LogP contribution in [0.2, 0.25) is 0 Å². The first kappa shape index (κ1) is 22.3. The highest BCUT2D eigenvalue weighted by Crippen LogP contribution is 2.38. The van der Waals surface area contributed by atoms with E-state index in [1.54, 1.807) is 13.2 Å². The Morgan fingerprint density at radius 1 is 1.12 bits per heavy atom. The molecule has 0 aliphatic carbocycles. The van der Waals surface area contributed by atoms with Gasteiger partial charge in [-0.25, -0.2) is 0 Å². The van der Waals surface area contributed by atoms with Gasteiger partial charge in [0.25, 0.3) is 5.69 Å². The highest BCUT2D eigenvalue weighted by molar-refractivity contribution is 6.24. The predicted molar refractivity (Wildman–Crippen MR) is 127 cm³/mol. The molecule has 0 bridgehead atoms. The first-order valence-electron chi connectivity index (χ1n) is 10.6. The minimum atomic E-state index is -0.752. The summed E-state index contributed by atoms with van der Waals surface area (Å²) in [6.07, 6.45) is 0. The Hall–Kier alpha value is -3.88. The molecule has 1 aliphatic rings. The number of methoxy groups -OCH3 is 1. The van der Waals surface area contributed by atoms with Crippen molar-refractivity contribution in [2.24, 2.45) is 4.99 Å². The van der Waals surface area contributed by atoms with Gasteiger partial charge >= 0.3 is 0 Å². The molecule has 1 unspecified atom stereocenters. The Labute approximate surface area is 191 Å². The molecule has 0 saturated heterocycles. The summed E-state index contributed by atoms with van der Waals surface area (Å²) in [5.74, 6) is -1.01. The van der Waals surface area contributed by atoms with Crippen LogP contribution >= 0.6 is 0 Å². The number of rotatable bonds is 9. The van der Waals surface area contributed by atoms with Crippen LogP contribution in [0.15, 0.2) is 77.8 Å². The summed E-state index contributed by atoms with van der Waals surface area (Å²) < 4.78 is 5.04. The molecule has 0 fully saturated rings. The zero-order valence-corrected chi connectivity index (χ0v) is 18.2. The van der Waals surface area contributed by atoms with Crippen LogP contribution in [0.1, 0.15) is 22.6 Å². The molecule has 0 spiro atoms. The normalized spacial score (nSPS) is 15.2. The molecule has 1 amide bonds. The van der Waals surface area contributed by atoms with Gasteiger partial charge in [0.15, 0.2) is 0 Å². The standard InChI is InChI=1S/C25H24N4O4/c1-33-14-13-26-16-17-7-9-19(10-8-17)27-24(18-5-3-2-4-6-18)23-21-15-20(29(31)32)11-12-22(21)28-25(23)30/h2-12,15,23,26H,13-14,16H2,1H3,(H,28,30). The van der Waals surface area contributed by atoms with Gasteiger partial charge in [0.2, 0.25) is 5.91 Å². The van der Waals surface area contributed by atoms with Gasteiger partial charge in [0.1, 0.15) is 5.92 Å². The summed E-state index contributed by atoms with van der Waals surface area (Å²) in [6, 6.07) is 21.6. The third kappa shape index (κ3) is 5.14. The topological polar surface area (TPSA) is 106 Å². The number of amides is 1. The maximum Gasteiger partial charge on any atom is 0.269 e. The highest BCUT2D eigenvalue weighted by atomic mass is 16.6. The van der Waals surface area contributed by atoms with Gasteiger partial charge in [0.05, 0.1) is 22.9 Å². The summed E-state index contributed by atoms with van der Waals surface area (Å²) in [7, 11) is 1.67. The molecule has 1 aliphatic heterocycles. The van der Waals surface area contributed by atoms with Gasteiger partial charge in [-0.3, -0.25) is 19.9 Å². The first-order chi connectivity index (χ1) is 16.1. The van der Waals surface area contributed by atoms with Gasteiger partial charge < -0.3 is 15.4 Å². The molecule has 4 rings (SSSR count). The van der Waals surface area contributed by atoms with E-state index in [0.717, 1.165) is 17.7 Å². The molecule has 0 radical (unpaired) electrons. The number of nitrogens with one attached hydrogen (secondary N) is 2. The number of carbonyl (C=O) groups excluding carboxylic acids is 1. The lowest BCUT2D eigenvalue weighted by Crippen LogP contribution is -2.22. The van der Waals surface area contributed by atoms with E-state index in [2.05, 4.69) is 10.6 Å². The molecule has 1 heterocycles. The van der Waals surface area contributed by atoms with Gasteiger partial charge in [-0.05, 0) is 29.3 Å². The molecule has 3 aromatic carbocycles. The van der Waals surface area contributed by atoms with E-state index in [-0.39, 0.29) is 11.6 Å². The van der Waals surface area contributed by atoms with Crippen molar-refractivity contribution >= 4 is 28.7 Å². The van der Waals surface area contributed by atoms with Crippen molar-refractivity contribution in [2.75, 3.05) is 25.6 Å². The molecule has 8 heteroatoms. The minimum absolute atomic E-state index is 0.0620. The Morgan fingerprint density at radius 2 is 1.88 bits per heavy atom. The van der Waals surface area contributed by atoms with Gasteiger partial charge in [-0.2, -0.15) is 0 Å². The second-order valence-electron chi connectivity index (χ2n) is 7.65. The number of hydrogen-bond donors (Lipinski definition) is 2. The third-order valence-electron chi connectivity index (χ3n) is 5.42. The lowest BCUT2D eigenvalue weighted by molar-refractivity contribution is -0.384. The number of non-ortho nitro benzene ring substituents is 1.